The van der Waals surface area contributed by atoms with E-state index in [9.17, 15) is 0 Å². The average molecular weight is 243 g/mol. The predicted molar refractivity (Wildman–Crippen MR) is 75.9 cm³/mol. The highest BCUT2D eigenvalue weighted by molar-refractivity contribution is 5.63. The van der Waals surface area contributed by atoms with Crippen molar-refractivity contribution >= 4 is 0 Å². The van der Waals surface area contributed by atoms with Crippen LogP contribution in [0.5, 0.6) is 0 Å². The molecule has 0 fully saturated rings. The first-order chi connectivity index (χ1) is 8.61. The molecule has 2 rings (SSSR count). The van der Waals surface area contributed by atoms with Crippen LogP contribution in [0.25, 0.3) is 11.3 Å². The minimum Gasteiger partial charge on any atom is -0.346 e. The van der Waals surface area contributed by atoms with E-state index in [1.807, 2.05) is 7.05 Å². The summed E-state index contributed by atoms with van der Waals surface area (Å²) in [5, 5.41) is 3.14. The number of likely N-dealkylation sites (N-methyl/N-ethyl adjacent to an activating group) is 1. The number of hydrogen-bond acceptors (Lipinski definition) is 2. The molecule has 0 saturated heterocycles. The SMILES string of the molecule is CNCCc1nc(-c2ccc(C)c(C)c2)c(C)[nH]1. The van der Waals surface area contributed by atoms with Crippen molar-refractivity contribution in [3.63, 3.8) is 0 Å². The van der Waals surface area contributed by atoms with Crippen molar-refractivity contribution in [2.45, 2.75) is 27.2 Å². The third kappa shape index (κ3) is 2.62. The van der Waals surface area contributed by atoms with Crippen LogP contribution in [0.1, 0.15) is 22.6 Å². The second-order valence-corrected chi connectivity index (χ2v) is 4.81. The van der Waals surface area contributed by atoms with E-state index in [0.717, 1.165) is 30.2 Å². The van der Waals surface area contributed by atoms with Gasteiger partial charge in [0.25, 0.3) is 0 Å². The van der Waals surface area contributed by atoms with Crippen LogP contribution in [-0.2, 0) is 6.42 Å². The fourth-order valence-corrected chi connectivity index (χ4v) is 2.05. The summed E-state index contributed by atoms with van der Waals surface area (Å²) in [6, 6.07) is 6.51. The molecule has 2 aromatic rings. The number of imidazole rings is 1. The summed E-state index contributed by atoms with van der Waals surface area (Å²) >= 11 is 0. The van der Waals surface area contributed by atoms with Crippen LogP contribution < -0.4 is 5.32 Å². The van der Waals surface area contributed by atoms with Crippen LogP contribution >= 0.6 is 0 Å². The Hall–Kier alpha value is -1.61. The standard InChI is InChI=1S/C15H21N3/c1-10-5-6-13(9-11(10)2)15-12(3)17-14(18-15)7-8-16-4/h5-6,9,16H,7-8H2,1-4H3,(H,17,18). The van der Waals surface area contributed by atoms with E-state index in [2.05, 4.69) is 49.3 Å². The van der Waals surface area contributed by atoms with Crippen molar-refractivity contribution in [1.29, 1.82) is 0 Å². The van der Waals surface area contributed by atoms with Crippen molar-refractivity contribution < 1.29 is 0 Å². The van der Waals surface area contributed by atoms with E-state index in [4.69, 9.17) is 4.98 Å². The zero-order valence-corrected chi connectivity index (χ0v) is 11.6. The maximum absolute atomic E-state index is 4.69. The molecular weight excluding hydrogens is 222 g/mol. The van der Waals surface area contributed by atoms with Gasteiger partial charge in [0, 0.05) is 24.2 Å². The molecule has 1 aromatic carbocycles. The van der Waals surface area contributed by atoms with E-state index in [0.29, 0.717) is 0 Å². The first-order valence-electron chi connectivity index (χ1n) is 6.39. The van der Waals surface area contributed by atoms with Crippen LogP contribution in [0.3, 0.4) is 0 Å². The van der Waals surface area contributed by atoms with E-state index >= 15 is 0 Å². The first-order valence-corrected chi connectivity index (χ1v) is 6.39. The highest BCUT2D eigenvalue weighted by Gasteiger charge is 2.09. The van der Waals surface area contributed by atoms with Crippen LogP contribution in [0.2, 0.25) is 0 Å². The molecule has 0 aliphatic rings. The fourth-order valence-electron chi connectivity index (χ4n) is 2.05. The summed E-state index contributed by atoms with van der Waals surface area (Å²) in [4.78, 5) is 8.05. The molecule has 96 valence electrons. The topological polar surface area (TPSA) is 40.7 Å². The zero-order valence-electron chi connectivity index (χ0n) is 11.6. The normalized spacial score (nSPS) is 10.9. The number of hydrogen-bond donors (Lipinski definition) is 2. The predicted octanol–water partition coefficient (Wildman–Crippen LogP) is 2.76. The highest BCUT2D eigenvalue weighted by atomic mass is 14.9. The number of H-pyrrole nitrogens is 1. The third-order valence-electron chi connectivity index (χ3n) is 3.33. The number of benzene rings is 1. The Morgan fingerprint density at radius 1 is 1.17 bits per heavy atom. The van der Waals surface area contributed by atoms with Gasteiger partial charge >= 0.3 is 0 Å². The number of nitrogens with zero attached hydrogens (tertiary/aromatic N) is 1. The monoisotopic (exact) mass is 243 g/mol. The minimum atomic E-state index is 0.933. The molecule has 3 heteroatoms. The van der Waals surface area contributed by atoms with Crippen molar-refractivity contribution in [3.05, 3.63) is 40.8 Å². The van der Waals surface area contributed by atoms with E-state index < -0.39 is 0 Å². The second kappa shape index (κ2) is 5.36. The molecule has 0 aliphatic carbocycles. The van der Waals surface area contributed by atoms with Crippen LogP contribution in [0.15, 0.2) is 18.2 Å². The molecule has 0 unspecified atom stereocenters. The minimum absolute atomic E-state index is 0.933. The molecule has 1 heterocycles. The number of rotatable bonds is 4. The Bertz CT molecular complexity index is 541. The Kier molecular flexibility index (Phi) is 3.82. The zero-order chi connectivity index (χ0) is 13.1. The van der Waals surface area contributed by atoms with E-state index in [1.54, 1.807) is 0 Å². The number of aromatic nitrogens is 2. The lowest BCUT2D eigenvalue weighted by atomic mass is 10.0. The summed E-state index contributed by atoms with van der Waals surface area (Å²) < 4.78 is 0. The molecule has 0 bridgehead atoms. The van der Waals surface area contributed by atoms with Gasteiger partial charge in [0.1, 0.15) is 5.82 Å². The fraction of sp³-hybridized carbons (Fsp3) is 0.400. The molecule has 18 heavy (non-hydrogen) atoms. The van der Waals surface area contributed by atoms with Crippen molar-refractivity contribution in [3.8, 4) is 11.3 Å². The molecule has 0 atom stereocenters. The molecular formula is C15H21N3. The number of aromatic amines is 1. The largest absolute Gasteiger partial charge is 0.346 e. The van der Waals surface area contributed by atoms with Gasteiger partial charge in [-0.2, -0.15) is 0 Å². The molecule has 0 saturated carbocycles. The number of nitrogens with one attached hydrogen (secondary N) is 2. The lowest BCUT2D eigenvalue weighted by Crippen LogP contribution is -2.11. The van der Waals surface area contributed by atoms with Gasteiger partial charge < -0.3 is 10.3 Å². The van der Waals surface area contributed by atoms with E-state index in [1.165, 1.54) is 16.7 Å². The summed E-state index contributed by atoms with van der Waals surface area (Å²) in [5.74, 6) is 1.05. The molecule has 1 aromatic heterocycles. The molecule has 3 nitrogen and oxygen atoms in total. The van der Waals surface area contributed by atoms with Gasteiger partial charge in [-0.25, -0.2) is 4.98 Å². The lowest BCUT2D eigenvalue weighted by molar-refractivity contribution is 0.763. The molecule has 0 radical (unpaired) electrons. The molecule has 2 N–H and O–H groups in total. The van der Waals surface area contributed by atoms with Gasteiger partial charge in [0.05, 0.1) is 5.69 Å². The first kappa shape index (κ1) is 12.8. The van der Waals surface area contributed by atoms with Crippen molar-refractivity contribution in [2.24, 2.45) is 0 Å². The quantitative estimate of drug-likeness (QED) is 0.867. The van der Waals surface area contributed by atoms with Crippen LogP contribution in [0.4, 0.5) is 0 Å². The highest BCUT2D eigenvalue weighted by Crippen LogP contribution is 2.23. The summed E-state index contributed by atoms with van der Waals surface area (Å²) in [6.45, 7) is 7.30. The average Bonchev–Trinajstić information content (AvgIpc) is 2.71. The van der Waals surface area contributed by atoms with Gasteiger partial charge in [0.15, 0.2) is 0 Å². The van der Waals surface area contributed by atoms with Gasteiger partial charge in [0.2, 0.25) is 0 Å². The Morgan fingerprint density at radius 3 is 2.61 bits per heavy atom. The van der Waals surface area contributed by atoms with Crippen LogP contribution in [-0.4, -0.2) is 23.6 Å². The number of aryl methyl sites for hydroxylation is 3. The van der Waals surface area contributed by atoms with Gasteiger partial charge in [-0.3, -0.25) is 0 Å². The Morgan fingerprint density at radius 2 is 1.94 bits per heavy atom. The molecule has 0 amide bonds. The Balaban J connectivity index is 2.32. The Labute approximate surface area is 109 Å². The van der Waals surface area contributed by atoms with Crippen molar-refractivity contribution in [1.82, 2.24) is 15.3 Å². The smallest absolute Gasteiger partial charge is 0.108 e. The molecule has 0 aliphatic heterocycles. The van der Waals surface area contributed by atoms with Crippen molar-refractivity contribution in [2.75, 3.05) is 13.6 Å². The maximum atomic E-state index is 4.69. The van der Waals surface area contributed by atoms with Gasteiger partial charge in [-0.15, -0.1) is 0 Å². The lowest BCUT2D eigenvalue weighted by Gasteiger charge is -2.03. The third-order valence-corrected chi connectivity index (χ3v) is 3.33. The van der Waals surface area contributed by atoms with Gasteiger partial charge in [-0.1, -0.05) is 12.1 Å². The summed E-state index contributed by atoms with van der Waals surface area (Å²) in [6.07, 6.45) is 0.933. The second-order valence-electron chi connectivity index (χ2n) is 4.81. The van der Waals surface area contributed by atoms with Gasteiger partial charge in [-0.05, 0) is 45.0 Å². The summed E-state index contributed by atoms with van der Waals surface area (Å²) in [7, 11) is 1.96. The van der Waals surface area contributed by atoms with Crippen LogP contribution in [0, 0.1) is 20.8 Å². The summed E-state index contributed by atoms with van der Waals surface area (Å²) in [5.41, 5.74) is 6.05. The maximum Gasteiger partial charge on any atom is 0.108 e. The molecule has 0 spiro atoms. The van der Waals surface area contributed by atoms with E-state index in [-0.39, 0.29) is 0 Å².